The molecule has 0 aliphatic carbocycles. The van der Waals surface area contributed by atoms with Crippen molar-refractivity contribution in [3.8, 4) is 6.07 Å². The first kappa shape index (κ1) is 10.4. The molecule has 0 aromatic heterocycles. The number of carboxylic acids is 1. The van der Waals surface area contributed by atoms with Crippen LogP contribution in [0.2, 0.25) is 0 Å². The second kappa shape index (κ2) is 6.44. The van der Waals surface area contributed by atoms with Crippen LogP contribution in [0.4, 0.5) is 0 Å². The molecule has 46 valence electrons. The Morgan fingerprint density at radius 1 is 1.75 bits per heavy atom. The Balaban J connectivity index is 0. The van der Waals surface area contributed by atoms with Crippen LogP contribution in [0.3, 0.4) is 0 Å². The molecule has 0 unspecified atom stereocenters. The Morgan fingerprint density at radius 3 is 2.38 bits per heavy atom. The fraction of sp³-hybridized carbons (Fsp3) is 0. The molecule has 0 heterocycles. The van der Waals surface area contributed by atoms with Gasteiger partial charge in [-0.25, -0.2) is 0 Å². The molecular weight excluding hydrogens is 202 g/mol. The van der Waals surface area contributed by atoms with E-state index in [1.807, 2.05) is 0 Å². The van der Waals surface area contributed by atoms with E-state index in [1.54, 1.807) is 0 Å². The van der Waals surface area contributed by atoms with Gasteiger partial charge in [0.15, 0.2) is 0 Å². The van der Waals surface area contributed by atoms with Gasteiger partial charge < -0.3 is 9.90 Å². The van der Waals surface area contributed by atoms with Crippen LogP contribution in [0.1, 0.15) is 0 Å². The molecule has 0 aromatic carbocycles. The first-order chi connectivity index (χ1) is 3.27. The van der Waals surface area contributed by atoms with E-state index in [0.717, 1.165) is 6.08 Å². The van der Waals surface area contributed by atoms with E-state index in [-0.39, 0.29) is 22.4 Å². The van der Waals surface area contributed by atoms with E-state index in [0.29, 0.717) is 6.08 Å². The number of aliphatic carboxylic acids is 1. The van der Waals surface area contributed by atoms with E-state index in [9.17, 15) is 9.90 Å². The van der Waals surface area contributed by atoms with Gasteiger partial charge in [0.25, 0.3) is 0 Å². The molecule has 4 heteroatoms. The predicted octanol–water partition coefficient (Wildman–Crippen LogP) is -1.19. The second-order valence-corrected chi connectivity index (χ2v) is 0.781. The van der Waals surface area contributed by atoms with E-state index < -0.39 is 5.97 Å². The largest absolute Gasteiger partial charge is 1.00 e. The number of hydrogen-bond donors (Lipinski definition) is 0. The summed E-state index contributed by atoms with van der Waals surface area (Å²) < 4.78 is 0. The number of carbonyl (C=O) groups excluding carboxylic acids is 1. The van der Waals surface area contributed by atoms with Crippen LogP contribution < -0.4 is 5.11 Å². The average molecular weight is 204 g/mol. The molecule has 0 rings (SSSR count). The van der Waals surface area contributed by atoms with Crippen LogP contribution in [0.5, 0.6) is 0 Å². The van der Waals surface area contributed by atoms with Crippen molar-refractivity contribution in [2.75, 3.05) is 0 Å². The van der Waals surface area contributed by atoms with Gasteiger partial charge in [-0.1, -0.05) is 0 Å². The van der Waals surface area contributed by atoms with Gasteiger partial charge >= 0.3 is 22.4 Å². The molecule has 0 amide bonds. The molecule has 0 atom stereocenters. The number of rotatable bonds is 1. The molecule has 0 aliphatic rings. The van der Waals surface area contributed by atoms with Gasteiger partial charge in [-0.3, -0.25) is 0 Å². The number of nitrogens with zero attached hydrogens (tertiary/aromatic N) is 1. The molecule has 0 fully saturated rings. The van der Waals surface area contributed by atoms with Crippen molar-refractivity contribution in [1.82, 2.24) is 0 Å². The Bertz CT molecular complexity index is 135. The quantitative estimate of drug-likeness (QED) is 0.306. The third kappa shape index (κ3) is 9.06. The predicted molar refractivity (Wildman–Crippen MR) is 19.8 cm³/mol. The Morgan fingerprint density at radius 2 is 2.25 bits per heavy atom. The molecule has 8 heavy (non-hydrogen) atoms. The van der Waals surface area contributed by atoms with Gasteiger partial charge in [0, 0.05) is 6.08 Å². The van der Waals surface area contributed by atoms with Gasteiger partial charge in [0.1, 0.15) is 0 Å². The summed E-state index contributed by atoms with van der Waals surface area (Å²) in [6.45, 7) is 0. The molecule has 0 bridgehead atoms. The van der Waals surface area contributed by atoms with Crippen LogP contribution in [0.25, 0.3) is 0 Å². The molecule has 0 spiro atoms. The van der Waals surface area contributed by atoms with Crippen molar-refractivity contribution >= 4 is 5.97 Å². The van der Waals surface area contributed by atoms with Gasteiger partial charge in [0.2, 0.25) is 0 Å². The van der Waals surface area contributed by atoms with Crippen molar-refractivity contribution in [2.24, 2.45) is 0 Å². The SMILES string of the molecule is N#CC=CC(=O)[O-].[Ag+]. The summed E-state index contributed by atoms with van der Waals surface area (Å²) in [6.07, 6.45) is 1.51. The monoisotopic (exact) mass is 203 g/mol. The van der Waals surface area contributed by atoms with Gasteiger partial charge in [-0.05, 0) is 6.08 Å². The first-order valence-electron chi connectivity index (χ1n) is 1.54. The van der Waals surface area contributed by atoms with Crippen LogP contribution in [-0.4, -0.2) is 5.97 Å². The smallest absolute Gasteiger partial charge is 0.545 e. The van der Waals surface area contributed by atoms with Crippen molar-refractivity contribution in [2.45, 2.75) is 0 Å². The van der Waals surface area contributed by atoms with Crippen molar-refractivity contribution in [1.29, 1.82) is 5.26 Å². The summed E-state index contributed by atoms with van der Waals surface area (Å²) in [7, 11) is 0. The second-order valence-electron chi connectivity index (χ2n) is 0.781. The molecule has 0 saturated heterocycles. The van der Waals surface area contributed by atoms with Crippen molar-refractivity contribution < 1.29 is 32.3 Å². The van der Waals surface area contributed by atoms with E-state index in [2.05, 4.69) is 0 Å². The van der Waals surface area contributed by atoms with E-state index in [4.69, 9.17) is 5.26 Å². The van der Waals surface area contributed by atoms with Crippen LogP contribution in [-0.2, 0) is 27.2 Å². The molecule has 3 nitrogen and oxygen atoms in total. The van der Waals surface area contributed by atoms with Crippen LogP contribution in [0.15, 0.2) is 12.2 Å². The number of nitriles is 1. The first-order valence-corrected chi connectivity index (χ1v) is 1.54. The summed E-state index contributed by atoms with van der Waals surface area (Å²) in [5, 5.41) is 17.1. The average Bonchev–Trinajstić information content (AvgIpc) is 1.61. The maximum Gasteiger partial charge on any atom is 1.00 e. The fourth-order valence-corrected chi connectivity index (χ4v) is 0.105. The summed E-state index contributed by atoms with van der Waals surface area (Å²) in [6, 6.07) is 1.50. The molecular formula is C4H2AgNO2. The van der Waals surface area contributed by atoms with Crippen LogP contribution >= 0.6 is 0 Å². The zero-order valence-electron chi connectivity index (χ0n) is 3.72. The summed E-state index contributed by atoms with van der Waals surface area (Å²) in [5.74, 6) is -1.35. The standard InChI is InChI=1S/C4H3NO2.Ag/c5-3-1-2-4(6)7;/h1-2H,(H,6,7);/q;+1/p-1. The Hall–Kier alpha value is -0.560. The Kier molecular flexibility index (Phi) is 8.39. The molecule has 0 aromatic rings. The number of allylic oxidation sites excluding steroid dienone is 1. The number of hydrogen-bond acceptors (Lipinski definition) is 3. The third-order valence-corrected chi connectivity index (χ3v) is 0.294. The maximum absolute atomic E-state index is 9.41. The normalized spacial score (nSPS) is 7.38. The summed E-state index contributed by atoms with van der Waals surface area (Å²) in [5.41, 5.74) is 0. The maximum atomic E-state index is 9.41. The minimum absolute atomic E-state index is 0. The van der Waals surface area contributed by atoms with E-state index >= 15 is 0 Å². The summed E-state index contributed by atoms with van der Waals surface area (Å²) in [4.78, 5) is 9.41. The van der Waals surface area contributed by atoms with Crippen molar-refractivity contribution in [3.05, 3.63) is 12.2 Å². The van der Waals surface area contributed by atoms with E-state index in [1.165, 1.54) is 6.07 Å². The van der Waals surface area contributed by atoms with Crippen LogP contribution in [0, 0.1) is 11.3 Å². The zero-order valence-corrected chi connectivity index (χ0v) is 5.20. The minimum Gasteiger partial charge on any atom is -0.545 e. The number of carboxylic acid groups (broad SMARTS) is 1. The molecule has 0 saturated carbocycles. The molecule has 0 aliphatic heterocycles. The third-order valence-electron chi connectivity index (χ3n) is 0.294. The molecule has 0 radical (unpaired) electrons. The molecule has 0 N–H and O–H groups in total. The zero-order chi connectivity index (χ0) is 5.70. The number of carbonyl (C=O) groups is 1. The minimum atomic E-state index is -1.35. The topological polar surface area (TPSA) is 63.9 Å². The van der Waals surface area contributed by atoms with Crippen molar-refractivity contribution in [3.63, 3.8) is 0 Å². The van der Waals surface area contributed by atoms with Gasteiger partial charge in [-0.2, -0.15) is 5.26 Å². The Labute approximate surface area is 62.1 Å². The van der Waals surface area contributed by atoms with Gasteiger partial charge in [0.05, 0.1) is 12.0 Å². The summed E-state index contributed by atoms with van der Waals surface area (Å²) >= 11 is 0. The van der Waals surface area contributed by atoms with Gasteiger partial charge in [-0.15, -0.1) is 0 Å². The fourth-order valence-electron chi connectivity index (χ4n) is 0.105.